The number of amides is 1. The maximum Gasteiger partial charge on any atom is 0.336 e. The fraction of sp³-hybridized carbons (Fsp3) is 0.200. The maximum absolute atomic E-state index is 12.4. The number of nitrogens with one attached hydrogen (secondary N) is 2. The van der Waals surface area contributed by atoms with E-state index in [1.165, 1.54) is 5.01 Å². The second-order valence-electron chi connectivity index (χ2n) is 6.89. The van der Waals surface area contributed by atoms with Crippen LogP contribution in [-0.2, 0) is 11.3 Å². The van der Waals surface area contributed by atoms with E-state index in [-0.39, 0.29) is 24.2 Å². The first-order valence-corrected chi connectivity index (χ1v) is 9.36. The molecule has 10 heteroatoms. The molecule has 4 N–H and O–H groups in total. The number of aliphatic hydroxyl groups is 1. The Hall–Kier alpha value is -3.27. The Labute approximate surface area is 177 Å². The Morgan fingerprint density at radius 3 is 2.33 bits per heavy atom. The monoisotopic (exact) mass is 429 g/mol. The SMILES string of the molecule is CC(O)(CN(Cc1ccc(-c2ccccc2)cc1)NC(=O)c1n[nH]c(Cl)n1)C(=O)O. The molecule has 1 atom stereocenters. The van der Waals surface area contributed by atoms with Gasteiger partial charge in [-0.25, -0.2) is 14.9 Å². The number of carboxylic acids is 1. The van der Waals surface area contributed by atoms with E-state index >= 15 is 0 Å². The standard InChI is InChI=1S/C20H20ClN5O4/c1-20(30,18(28)29)12-26(25-17(27)16-22-19(21)24-23-16)11-13-7-9-15(10-8-13)14-5-3-2-4-6-14/h2-10,30H,11-12H2,1H3,(H,25,27)(H,28,29)(H,22,23,24). The number of carboxylic acid groups (broad SMARTS) is 1. The van der Waals surface area contributed by atoms with Gasteiger partial charge in [-0.05, 0) is 35.2 Å². The van der Waals surface area contributed by atoms with Gasteiger partial charge < -0.3 is 10.2 Å². The number of aliphatic carboxylic acids is 1. The van der Waals surface area contributed by atoms with Crippen LogP contribution in [0.15, 0.2) is 54.6 Å². The highest BCUT2D eigenvalue weighted by molar-refractivity contribution is 6.28. The average Bonchev–Trinajstić information content (AvgIpc) is 3.15. The average molecular weight is 430 g/mol. The molecule has 3 rings (SSSR count). The largest absolute Gasteiger partial charge is 0.479 e. The van der Waals surface area contributed by atoms with Crippen molar-refractivity contribution in [3.63, 3.8) is 0 Å². The highest BCUT2D eigenvalue weighted by atomic mass is 35.5. The van der Waals surface area contributed by atoms with Gasteiger partial charge in [-0.2, -0.15) is 4.98 Å². The number of aromatic nitrogens is 3. The second-order valence-corrected chi connectivity index (χ2v) is 7.25. The summed E-state index contributed by atoms with van der Waals surface area (Å²) < 4.78 is 0. The lowest BCUT2D eigenvalue weighted by molar-refractivity contribution is -0.159. The highest BCUT2D eigenvalue weighted by Crippen LogP contribution is 2.20. The first kappa shape index (κ1) is 21.4. The quantitative estimate of drug-likeness (QED) is 0.403. The Morgan fingerprint density at radius 1 is 1.13 bits per heavy atom. The Kier molecular flexibility index (Phi) is 6.46. The number of carbonyl (C=O) groups is 2. The second kappa shape index (κ2) is 9.04. The first-order valence-electron chi connectivity index (χ1n) is 8.98. The summed E-state index contributed by atoms with van der Waals surface area (Å²) in [6.45, 7) is 0.922. The van der Waals surface area contributed by atoms with Crippen LogP contribution >= 0.6 is 11.6 Å². The summed E-state index contributed by atoms with van der Waals surface area (Å²) in [5, 5.41) is 26.7. The zero-order chi connectivity index (χ0) is 21.7. The van der Waals surface area contributed by atoms with Gasteiger partial charge in [0.15, 0.2) is 5.60 Å². The van der Waals surface area contributed by atoms with Gasteiger partial charge in [-0.3, -0.25) is 10.2 Å². The number of halogens is 1. The molecule has 0 bridgehead atoms. The summed E-state index contributed by atoms with van der Waals surface area (Å²) in [6.07, 6.45) is 0. The molecule has 0 saturated carbocycles. The maximum atomic E-state index is 12.4. The van der Waals surface area contributed by atoms with Crippen LogP contribution in [0.25, 0.3) is 11.1 Å². The van der Waals surface area contributed by atoms with Crippen molar-refractivity contribution in [1.82, 2.24) is 25.6 Å². The van der Waals surface area contributed by atoms with Gasteiger partial charge in [-0.1, -0.05) is 54.6 Å². The van der Waals surface area contributed by atoms with Crippen LogP contribution in [0.3, 0.4) is 0 Å². The van der Waals surface area contributed by atoms with Gasteiger partial charge in [0, 0.05) is 6.54 Å². The fourth-order valence-corrected chi connectivity index (χ4v) is 2.89. The van der Waals surface area contributed by atoms with Crippen molar-refractivity contribution in [3.8, 4) is 11.1 Å². The fourth-order valence-electron chi connectivity index (χ4n) is 2.77. The zero-order valence-electron chi connectivity index (χ0n) is 16.0. The molecule has 3 aromatic rings. The molecule has 0 aliphatic carbocycles. The van der Waals surface area contributed by atoms with Crippen molar-refractivity contribution in [2.24, 2.45) is 0 Å². The predicted molar refractivity (Wildman–Crippen MR) is 109 cm³/mol. The van der Waals surface area contributed by atoms with Crippen LogP contribution in [-0.4, -0.2) is 54.4 Å². The van der Waals surface area contributed by atoms with Gasteiger partial charge >= 0.3 is 11.9 Å². The summed E-state index contributed by atoms with van der Waals surface area (Å²) in [7, 11) is 0. The molecular weight excluding hydrogens is 410 g/mol. The summed E-state index contributed by atoms with van der Waals surface area (Å²) >= 11 is 5.64. The molecule has 0 radical (unpaired) electrons. The number of hydrazine groups is 1. The molecule has 156 valence electrons. The predicted octanol–water partition coefficient (Wildman–Crippen LogP) is 2.11. The molecule has 1 unspecified atom stereocenters. The lowest BCUT2D eigenvalue weighted by Gasteiger charge is -2.28. The molecule has 0 fully saturated rings. The minimum absolute atomic E-state index is 0.0549. The molecule has 0 aliphatic heterocycles. The molecule has 0 aliphatic rings. The normalized spacial score (nSPS) is 13.1. The van der Waals surface area contributed by atoms with E-state index in [0.717, 1.165) is 23.6 Å². The summed E-state index contributed by atoms with van der Waals surface area (Å²) in [5.74, 6) is -2.32. The van der Waals surface area contributed by atoms with Crippen molar-refractivity contribution in [2.45, 2.75) is 19.1 Å². The number of carbonyl (C=O) groups excluding carboxylic acids is 1. The summed E-state index contributed by atoms with van der Waals surface area (Å²) in [5.41, 5.74) is 3.30. The Balaban J connectivity index is 1.77. The van der Waals surface area contributed by atoms with Gasteiger partial charge in [0.2, 0.25) is 11.1 Å². The number of hydrogen-bond acceptors (Lipinski definition) is 6. The molecule has 30 heavy (non-hydrogen) atoms. The van der Waals surface area contributed by atoms with Gasteiger partial charge in [-0.15, -0.1) is 5.10 Å². The van der Waals surface area contributed by atoms with E-state index in [0.29, 0.717) is 0 Å². The minimum atomic E-state index is -2.09. The molecule has 0 saturated heterocycles. The van der Waals surface area contributed by atoms with Crippen molar-refractivity contribution in [1.29, 1.82) is 0 Å². The van der Waals surface area contributed by atoms with E-state index in [2.05, 4.69) is 20.6 Å². The minimum Gasteiger partial charge on any atom is -0.479 e. The van der Waals surface area contributed by atoms with Crippen LogP contribution in [0.1, 0.15) is 23.1 Å². The van der Waals surface area contributed by atoms with Gasteiger partial charge in [0.25, 0.3) is 0 Å². The number of aromatic amines is 1. The van der Waals surface area contributed by atoms with E-state index in [9.17, 15) is 19.8 Å². The van der Waals surface area contributed by atoms with Crippen LogP contribution in [0.5, 0.6) is 0 Å². The third kappa shape index (κ3) is 5.41. The van der Waals surface area contributed by atoms with Crippen molar-refractivity contribution in [2.75, 3.05) is 6.54 Å². The van der Waals surface area contributed by atoms with Crippen molar-refractivity contribution in [3.05, 3.63) is 71.3 Å². The van der Waals surface area contributed by atoms with E-state index in [4.69, 9.17) is 11.6 Å². The number of hydrogen-bond donors (Lipinski definition) is 4. The first-order chi connectivity index (χ1) is 14.2. The zero-order valence-corrected chi connectivity index (χ0v) is 16.8. The smallest absolute Gasteiger partial charge is 0.336 e. The summed E-state index contributed by atoms with van der Waals surface area (Å²) in [4.78, 5) is 27.4. The van der Waals surface area contributed by atoms with E-state index in [1.54, 1.807) is 0 Å². The van der Waals surface area contributed by atoms with Gasteiger partial charge in [0.1, 0.15) is 0 Å². The molecular formula is C20H20ClN5O4. The molecule has 1 heterocycles. The lowest BCUT2D eigenvalue weighted by atomic mass is 10.0. The van der Waals surface area contributed by atoms with Crippen molar-refractivity contribution < 1.29 is 19.8 Å². The Morgan fingerprint density at radius 2 is 1.77 bits per heavy atom. The molecule has 0 spiro atoms. The number of benzene rings is 2. The van der Waals surface area contributed by atoms with Crippen LogP contribution < -0.4 is 5.43 Å². The third-order valence-corrected chi connectivity index (χ3v) is 4.48. The van der Waals surface area contributed by atoms with E-state index in [1.807, 2.05) is 54.6 Å². The van der Waals surface area contributed by atoms with Crippen molar-refractivity contribution >= 4 is 23.5 Å². The van der Waals surface area contributed by atoms with Crippen LogP contribution in [0, 0.1) is 0 Å². The lowest BCUT2D eigenvalue weighted by Crippen LogP contribution is -2.52. The van der Waals surface area contributed by atoms with Crippen LogP contribution in [0.2, 0.25) is 5.28 Å². The van der Waals surface area contributed by atoms with E-state index < -0.39 is 17.5 Å². The Bertz CT molecular complexity index is 1020. The topological polar surface area (TPSA) is 131 Å². The van der Waals surface area contributed by atoms with Crippen LogP contribution in [0.4, 0.5) is 0 Å². The summed E-state index contributed by atoms with van der Waals surface area (Å²) in [6, 6.07) is 17.4. The highest BCUT2D eigenvalue weighted by Gasteiger charge is 2.33. The molecule has 9 nitrogen and oxygen atoms in total. The molecule has 2 aromatic carbocycles. The third-order valence-electron chi connectivity index (χ3n) is 4.31. The number of nitrogens with zero attached hydrogens (tertiary/aromatic N) is 3. The molecule has 1 amide bonds. The van der Waals surface area contributed by atoms with Gasteiger partial charge in [0.05, 0.1) is 6.54 Å². The molecule has 1 aromatic heterocycles. The number of rotatable bonds is 8. The number of H-pyrrole nitrogens is 1.